The highest BCUT2D eigenvalue weighted by atomic mass is 79.9. The van der Waals surface area contributed by atoms with Crippen LogP contribution in [-0.4, -0.2) is 29.0 Å². The molecular weight excluding hydrogens is 346 g/mol. The van der Waals surface area contributed by atoms with E-state index in [1.165, 1.54) is 0 Å². The van der Waals surface area contributed by atoms with Crippen molar-refractivity contribution in [2.24, 2.45) is 0 Å². The second kappa shape index (κ2) is 7.31. The molecular formula is C13H13BrClN3O2. The van der Waals surface area contributed by atoms with Crippen LogP contribution in [0.5, 0.6) is 5.75 Å². The number of hydrogen-bond donors (Lipinski definition) is 2. The van der Waals surface area contributed by atoms with Crippen LogP contribution in [0.3, 0.4) is 0 Å². The first kappa shape index (κ1) is 14.9. The van der Waals surface area contributed by atoms with E-state index < -0.39 is 0 Å². The Morgan fingerprint density at radius 2 is 2.35 bits per heavy atom. The fourth-order valence-corrected chi connectivity index (χ4v) is 2.27. The zero-order chi connectivity index (χ0) is 14.4. The summed E-state index contributed by atoms with van der Waals surface area (Å²) in [7, 11) is 0. The van der Waals surface area contributed by atoms with Gasteiger partial charge in [-0.25, -0.2) is 4.98 Å². The van der Waals surface area contributed by atoms with E-state index in [0.29, 0.717) is 23.7 Å². The highest BCUT2D eigenvalue weighted by Gasteiger charge is 2.06. The normalized spacial score (nSPS) is 10.3. The summed E-state index contributed by atoms with van der Waals surface area (Å²) < 4.78 is 6.22. The lowest BCUT2D eigenvalue weighted by atomic mass is 10.3. The molecule has 1 aromatic heterocycles. The summed E-state index contributed by atoms with van der Waals surface area (Å²) in [6.45, 7) is 0.461. The number of H-pyrrole nitrogens is 1. The minimum Gasteiger partial charge on any atom is -0.482 e. The van der Waals surface area contributed by atoms with Gasteiger partial charge in [-0.3, -0.25) is 4.79 Å². The summed E-state index contributed by atoms with van der Waals surface area (Å²) in [5, 5.41) is 3.22. The SMILES string of the molecule is O=C(COc1ccc(Br)cc1Cl)NCCc1cnc[nH]1. The van der Waals surface area contributed by atoms with Crippen molar-refractivity contribution in [1.82, 2.24) is 15.3 Å². The first-order valence-corrected chi connectivity index (χ1v) is 7.14. The zero-order valence-corrected chi connectivity index (χ0v) is 12.9. The van der Waals surface area contributed by atoms with Crippen LogP contribution in [0.15, 0.2) is 35.2 Å². The van der Waals surface area contributed by atoms with Crippen LogP contribution in [-0.2, 0) is 11.2 Å². The quantitative estimate of drug-likeness (QED) is 0.834. The molecule has 5 nitrogen and oxygen atoms in total. The smallest absolute Gasteiger partial charge is 0.257 e. The van der Waals surface area contributed by atoms with Gasteiger partial charge in [0.05, 0.1) is 11.3 Å². The average Bonchev–Trinajstić information content (AvgIpc) is 2.91. The molecule has 2 N–H and O–H groups in total. The van der Waals surface area contributed by atoms with Crippen LogP contribution < -0.4 is 10.1 Å². The number of nitrogens with one attached hydrogen (secondary N) is 2. The van der Waals surface area contributed by atoms with Gasteiger partial charge in [0.25, 0.3) is 5.91 Å². The van der Waals surface area contributed by atoms with Crippen molar-refractivity contribution in [2.45, 2.75) is 6.42 Å². The highest BCUT2D eigenvalue weighted by molar-refractivity contribution is 9.10. The van der Waals surface area contributed by atoms with Crippen LogP contribution in [0.25, 0.3) is 0 Å². The number of ether oxygens (including phenoxy) is 1. The third-order valence-electron chi connectivity index (χ3n) is 2.52. The predicted molar refractivity (Wildman–Crippen MR) is 79.9 cm³/mol. The second-order valence-corrected chi connectivity index (χ2v) is 5.36. The fraction of sp³-hybridized carbons (Fsp3) is 0.231. The number of carbonyl (C=O) groups excluding carboxylic acids is 1. The molecule has 0 atom stereocenters. The van der Waals surface area contributed by atoms with Gasteiger partial charge in [0.15, 0.2) is 6.61 Å². The highest BCUT2D eigenvalue weighted by Crippen LogP contribution is 2.27. The molecule has 0 unspecified atom stereocenters. The van der Waals surface area contributed by atoms with E-state index in [-0.39, 0.29) is 12.5 Å². The van der Waals surface area contributed by atoms with E-state index in [1.54, 1.807) is 30.7 Å². The Kier molecular flexibility index (Phi) is 5.43. The number of halogens is 2. The Morgan fingerprint density at radius 1 is 1.50 bits per heavy atom. The standard InChI is InChI=1S/C13H13BrClN3O2/c14-9-1-2-12(11(15)5-9)20-7-13(19)17-4-3-10-6-16-8-18-10/h1-2,5-6,8H,3-4,7H2,(H,16,18)(H,17,19). The number of aromatic amines is 1. The number of benzene rings is 1. The fourth-order valence-electron chi connectivity index (χ4n) is 1.54. The van der Waals surface area contributed by atoms with Crippen LogP contribution in [0.2, 0.25) is 5.02 Å². The Labute approximate surface area is 129 Å². The third kappa shape index (κ3) is 4.54. The Balaban J connectivity index is 1.72. The Morgan fingerprint density at radius 3 is 3.05 bits per heavy atom. The van der Waals surface area contributed by atoms with Crippen LogP contribution in [0.4, 0.5) is 0 Å². The molecule has 0 aliphatic carbocycles. The molecule has 0 spiro atoms. The van der Waals surface area contributed by atoms with Crippen molar-refractivity contribution in [3.8, 4) is 5.75 Å². The lowest BCUT2D eigenvalue weighted by molar-refractivity contribution is -0.123. The number of nitrogens with zero attached hydrogens (tertiary/aromatic N) is 1. The molecule has 1 heterocycles. The first-order valence-electron chi connectivity index (χ1n) is 5.97. The molecule has 0 saturated carbocycles. The van der Waals surface area contributed by atoms with E-state index in [0.717, 1.165) is 10.2 Å². The van der Waals surface area contributed by atoms with Crippen molar-refractivity contribution in [3.05, 3.63) is 45.9 Å². The maximum atomic E-state index is 11.6. The largest absolute Gasteiger partial charge is 0.482 e. The third-order valence-corrected chi connectivity index (χ3v) is 3.31. The van der Waals surface area contributed by atoms with Gasteiger partial charge in [-0.1, -0.05) is 27.5 Å². The minimum absolute atomic E-state index is 0.0652. The maximum Gasteiger partial charge on any atom is 0.257 e. The van der Waals surface area contributed by atoms with E-state index in [4.69, 9.17) is 16.3 Å². The molecule has 0 bridgehead atoms. The van der Waals surface area contributed by atoms with Crippen molar-refractivity contribution < 1.29 is 9.53 Å². The topological polar surface area (TPSA) is 67.0 Å². The predicted octanol–water partition coefficient (Wildman–Crippen LogP) is 2.56. The lowest BCUT2D eigenvalue weighted by Gasteiger charge is -2.08. The van der Waals surface area contributed by atoms with Gasteiger partial charge in [-0.15, -0.1) is 0 Å². The van der Waals surface area contributed by atoms with Crippen molar-refractivity contribution in [2.75, 3.05) is 13.2 Å². The summed E-state index contributed by atoms with van der Waals surface area (Å²) in [6, 6.07) is 5.23. The number of carbonyl (C=O) groups is 1. The van der Waals surface area contributed by atoms with Crippen LogP contribution >= 0.6 is 27.5 Å². The van der Waals surface area contributed by atoms with Gasteiger partial charge in [-0.05, 0) is 18.2 Å². The summed E-state index contributed by atoms with van der Waals surface area (Å²) >= 11 is 9.29. The Hall–Kier alpha value is -1.53. The number of imidazole rings is 1. The average molecular weight is 359 g/mol. The van der Waals surface area contributed by atoms with Crippen molar-refractivity contribution in [1.29, 1.82) is 0 Å². The minimum atomic E-state index is -0.191. The van der Waals surface area contributed by atoms with Crippen molar-refractivity contribution >= 4 is 33.4 Å². The molecule has 0 aliphatic heterocycles. The van der Waals surface area contributed by atoms with E-state index in [1.807, 2.05) is 0 Å². The van der Waals surface area contributed by atoms with Crippen LogP contribution in [0, 0.1) is 0 Å². The molecule has 0 aliphatic rings. The second-order valence-electron chi connectivity index (χ2n) is 4.04. The summed E-state index contributed by atoms with van der Waals surface area (Å²) in [6.07, 6.45) is 4.03. The molecule has 2 aromatic rings. The van der Waals surface area contributed by atoms with Gasteiger partial charge >= 0.3 is 0 Å². The lowest BCUT2D eigenvalue weighted by Crippen LogP contribution is -2.30. The molecule has 106 valence electrons. The summed E-state index contributed by atoms with van der Waals surface area (Å²) in [4.78, 5) is 18.5. The van der Waals surface area contributed by atoms with Crippen LogP contribution in [0.1, 0.15) is 5.69 Å². The molecule has 0 radical (unpaired) electrons. The number of amides is 1. The summed E-state index contributed by atoms with van der Waals surface area (Å²) in [5.41, 5.74) is 0.974. The van der Waals surface area contributed by atoms with E-state index in [9.17, 15) is 4.79 Å². The Bertz CT molecular complexity index is 575. The number of hydrogen-bond acceptors (Lipinski definition) is 3. The van der Waals surface area contributed by atoms with Gasteiger partial charge in [0.1, 0.15) is 5.75 Å². The van der Waals surface area contributed by atoms with Gasteiger partial charge in [0.2, 0.25) is 0 Å². The molecule has 1 amide bonds. The van der Waals surface area contributed by atoms with E-state index >= 15 is 0 Å². The molecule has 20 heavy (non-hydrogen) atoms. The maximum absolute atomic E-state index is 11.6. The molecule has 0 fully saturated rings. The van der Waals surface area contributed by atoms with Gasteiger partial charge < -0.3 is 15.0 Å². The number of aromatic nitrogens is 2. The molecule has 0 saturated heterocycles. The molecule has 2 rings (SSSR count). The molecule has 7 heteroatoms. The van der Waals surface area contributed by atoms with Gasteiger partial charge in [-0.2, -0.15) is 0 Å². The molecule has 1 aromatic carbocycles. The first-order chi connectivity index (χ1) is 9.65. The number of rotatable bonds is 6. The van der Waals surface area contributed by atoms with Crippen molar-refractivity contribution in [3.63, 3.8) is 0 Å². The summed E-state index contributed by atoms with van der Waals surface area (Å²) in [5.74, 6) is 0.294. The zero-order valence-electron chi connectivity index (χ0n) is 10.5. The van der Waals surface area contributed by atoms with Gasteiger partial charge in [0, 0.05) is 29.3 Å². The monoisotopic (exact) mass is 357 g/mol. The van der Waals surface area contributed by atoms with E-state index in [2.05, 4.69) is 31.2 Å².